The van der Waals surface area contributed by atoms with Gasteiger partial charge in [0.05, 0.1) is 35.5 Å². The number of ether oxygens (including phenoxy) is 2. The summed E-state index contributed by atoms with van der Waals surface area (Å²) in [6, 6.07) is 11.8. The van der Waals surface area contributed by atoms with Gasteiger partial charge in [0.1, 0.15) is 28.2 Å². The van der Waals surface area contributed by atoms with Crippen molar-refractivity contribution in [3.8, 4) is 16.3 Å². The molecule has 5 rings (SSSR count). The van der Waals surface area contributed by atoms with Crippen molar-refractivity contribution in [1.29, 1.82) is 0 Å². The van der Waals surface area contributed by atoms with Crippen molar-refractivity contribution in [2.75, 3.05) is 12.4 Å². The third kappa shape index (κ3) is 4.36. The Morgan fingerprint density at radius 3 is 2.91 bits per heavy atom. The van der Waals surface area contributed by atoms with Crippen molar-refractivity contribution < 1.29 is 19.4 Å². The quantitative estimate of drug-likeness (QED) is 0.426. The number of nitrogens with one attached hydrogen (secondary N) is 1. The van der Waals surface area contributed by atoms with E-state index in [1.54, 1.807) is 7.11 Å². The number of carbonyl (C=O) groups is 1. The molecule has 0 bridgehead atoms. The summed E-state index contributed by atoms with van der Waals surface area (Å²) in [6.07, 6.45) is 0.423. The maximum Gasteiger partial charge on any atom is 0.412 e. The van der Waals surface area contributed by atoms with E-state index in [9.17, 15) is 9.90 Å². The summed E-state index contributed by atoms with van der Waals surface area (Å²) in [5, 5.41) is 14.1. The maximum atomic E-state index is 12.5. The third-order valence-electron chi connectivity index (χ3n) is 5.97. The minimum absolute atomic E-state index is 0.128. The fourth-order valence-electron chi connectivity index (χ4n) is 4.19. The van der Waals surface area contributed by atoms with Crippen molar-refractivity contribution in [3.05, 3.63) is 59.0 Å². The molecule has 8 nitrogen and oxygen atoms in total. The van der Waals surface area contributed by atoms with Crippen molar-refractivity contribution >= 4 is 33.5 Å². The van der Waals surface area contributed by atoms with Gasteiger partial charge in [-0.25, -0.2) is 14.8 Å². The Kier molecular flexibility index (Phi) is 5.97. The number of anilines is 1. The predicted molar refractivity (Wildman–Crippen MR) is 131 cm³/mol. The molecular formula is C25H26N4O4S. The smallest absolute Gasteiger partial charge is 0.412 e. The van der Waals surface area contributed by atoms with E-state index in [2.05, 4.69) is 19.9 Å². The average molecular weight is 479 g/mol. The molecule has 4 aromatic rings. The second-order valence-electron chi connectivity index (χ2n) is 8.49. The van der Waals surface area contributed by atoms with Crippen LogP contribution in [0.5, 0.6) is 5.75 Å². The lowest BCUT2D eigenvalue weighted by Gasteiger charge is -2.19. The molecule has 1 amide bonds. The van der Waals surface area contributed by atoms with Crippen molar-refractivity contribution in [3.63, 3.8) is 0 Å². The number of rotatable bonds is 5. The van der Waals surface area contributed by atoms with Gasteiger partial charge in [0.2, 0.25) is 0 Å². The number of aliphatic hydroxyl groups excluding tert-OH is 1. The van der Waals surface area contributed by atoms with Crippen molar-refractivity contribution in [1.82, 2.24) is 14.5 Å². The van der Waals surface area contributed by atoms with Gasteiger partial charge in [-0.3, -0.25) is 5.32 Å². The second-order valence-corrected chi connectivity index (χ2v) is 9.49. The Morgan fingerprint density at radius 2 is 2.09 bits per heavy atom. The second kappa shape index (κ2) is 9.08. The lowest BCUT2D eigenvalue weighted by Crippen LogP contribution is -2.23. The number of aryl methyl sites for hydroxylation is 3. The van der Waals surface area contributed by atoms with Crippen molar-refractivity contribution in [2.45, 2.75) is 45.9 Å². The number of methoxy groups -OCH3 is 1. The number of nitrogens with zero attached hydrogens (tertiary/aromatic N) is 3. The molecule has 0 saturated carbocycles. The lowest BCUT2D eigenvalue weighted by molar-refractivity contribution is 0.142. The SMILES string of the molecule is COc1cc(C)ccc1-c1nc(C)c(NC(=O)OCc2ccc3c(c2)nc2n3CCC(O)C2)s1. The molecule has 0 spiro atoms. The lowest BCUT2D eigenvalue weighted by atomic mass is 10.1. The van der Waals surface area contributed by atoms with E-state index in [1.807, 2.05) is 50.2 Å². The molecule has 176 valence electrons. The number of aromatic nitrogens is 3. The van der Waals surface area contributed by atoms with Crippen LogP contribution in [0.1, 0.15) is 29.1 Å². The van der Waals surface area contributed by atoms with Gasteiger partial charge in [-0.05, 0) is 55.7 Å². The minimum Gasteiger partial charge on any atom is -0.496 e. The van der Waals surface area contributed by atoms with Gasteiger partial charge in [0, 0.05) is 13.0 Å². The monoisotopic (exact) mass is 478 g/mol. The molecule has 34 heavy (non-hydrogen) atoms. The Morgan fingerprint density at radius 1 is 1.24 bits per heavy atom. The fraction of sp³-hybridized carbons (Fsp3) is 0.320. The molecule has 1 unspecified atom stereocenters. The van der Waals surface area contributed by atoms with Crippen LogP contribution in [-0.4, -0.2) is 38.9 Å². The molecule has 0 aliphatic carbocycles. The molecule has 1 atom stereocenters. The van der Waals surface area contributed by atoms with E-state index in [0.717, 1.165) is 57.3 Å². The summed E-state index contributed by atoms with van der Waals surface area (Å²) >= 11 is 1.38. The highest BCUT2D eigenvalue weighted by Gasteiger charge is 2.20. The number of hydrogen-bond donors (Lipinski definition) is 2. The van der Waals surface area contributed by atoms with Crippen LogP contribution in [0.25, 0.3) is 21.6 Å². The van der Waals surface area contributed by atoms with E-state index in [1.165, 1.54) is 11.3 Å². The van der Waals surface area contributed by atoms with Crippen LogP contribution in [-0.2, 0) is 24.3 Å². The zero-order valence-electron chi connectivity index (χ0n) is 19.3. The number of benzene rings is 2. The maximum absolute atomic E-state index is 12.5. The van der Waals surface area contributed by atoms with Crippen LogP contribution in [0.4, 0.5) is 9.80 Å². The number of hydrogen-bond acceptors (Lipinski definition) is 7. The van der Waals surface area contributed by atoms with Gasteiger partial charge in [-0.2, -0.15) is 0 Å². The van der Waals surface area contributed by atoms with Crippen molar-refractivity contribution in [2.24, 2.45) is 0 Å². The standard InChI is InChI=1S/C25H26N4O4S/c1-14-4-6-18(21(10-14)32-3)24-26-15(2)23(34-24)28-25(31)33-13-16-5-7-20-19(11-16)27-22-12-17(30)8-9-29(20)22/h4-7,10-11,17,30H,8-9,12-13H2,1-3H3,(H,28,31). The van der Waals surface area contributed by atoms with Crippen LogP contribution in [0.2, 0.25) is 0 Å². The van der Waals surface area contributed by atoms with Gasteiger partial charge >= 0.3 is 6.09 Å². The zero-order valence-corrected chi connectivity index (χ0v) is 20.1. The number of thiazole rings is 1. The summed E-state index contributed by atoms with van der Waals surface area (Å²) in [5.41, 5.74) is 5.43. The van der Waals surface area contributed by atoms with Gasteiger partial charge < -0.3 is 19.1 Å². The molecule has 2 aromatic carbocycles. The highest BCUT2D eigenvalue weighted by atomic mass is 32.1. The van der Waals surface area contributed by atoms with Crippen LogP contribution in [0.15, 0.2) is 36.4 Å². The summed E-state index contributed by atoms with van der Waals surface area (Å²) in [4.78, 5) is 21.7. The average Bonchev–Trinajstić information content (AvgIpc) is 3.36. The zero-order chi connectivity index (χ0) is 23.8. The Hall–Kier alpha value is -3.43. The number of carbonyl (C=O) groups excluding carboxylic acids is 1. The predicted octanol–water partition coefficient (Wildman–Crippen LogP) is 4.84. The first-order chi connectivity index (χ1) is 16.4. The first-order valence-corrected chi connectivity index (χ1v) is 11.9. The topological polar surface area (TPSA) is 98.5 Å². The molecular weight excluding hydrogens is 452 g/mol. The molecule has 1 aliphatic heterocycles. The summed E-state index contributed by atoms with van der Waals surface area (Å²) < 4.78 is 13.1. The summed E-state index contributed by atoms with van der Waals surface area (Å²) in [6.45, 7) is 4.74. The molecule has 9 heteroatoms. The molecule has 2 N–H and O–H groups in total. The first-order valence-electron chi connectivity index (χ1n) is 11.1. The largest absolute Gasteiger partial charge is 0.496 e. The number of aliphatic hydroxyl groups is 1. The number of imidazole rings is 1. The molecule has 2 aromatic heterocycles. The molecule has 0 saturated heterocycles. The van der Waals surface area contributed by atoms with E-state index >= 15 is 0 Å². The minimum atomic E-state index is -0.540. The van der Waals surface area contributed by atoms with Gasteiger partial charge in [0.15, 0.2) is 0 Å². The number of amides is 1. The summed E-state index contributed by atoms with van der Waals surface area (Å²) in [5.74, 6) is 1.64. The molecule has 1 aliphatic rings. The molecule has 0 fully saturated rings. The third-order valence-corrected chi connectivity index (χ3v) is 7.07. The van der Waals surface area contributed by atoms with Gasteiger partial charge in [-0.15, -0.1) is 0 Å². The highest BCUT2D eigenvalue weighted by Crippen LogP contribution is 2.37. The van der Waals surface area contributed by atoms with E-state index in [-0.39, 0.29) is 12.7 Å². The Labute approximate surface area is 201 Å². The summed E-state index contributed by atoms with van der Waals surface area (Å²) in [7, 11) is 1.63. The first kappa shape index (κ1) is 22.4. The van der Waals surface area contributed by atoms with Crippen LogP contribution in [0, 0.1) is 13.8 Å². The highest BCUT2D eigenvalue weighted by molar-refractivity contribution is 7.19. The van der Waals surface area contributed by atoms with Crippen LogP contribution >= 0.6 is 11.3 Å². The van der Waals surface area contributed by atoms with E-state index in [0.29, 0.717) is 17.1 Å². The molecule has 0 radical (unpaired) electrons. The molecule has 3 heterocycles. The number of fused-ring (bicyclic) bond motifs is 3. The fourth-order valence-corrected chi connectivity index (χ4v) is 5.17. The Bertz CT molecular complexity index is 1380. The van der Waals surface area contributed by atoms with E-state index < -0.39 is 6.09 Å². The van der Waals surface area contributed by atoms with Gasteiger partial charge in [-0.1, -0.05) is 23.5 Å². The normalized spacial score (nSPS) is 15.2. The van der Waals surface area contributed by atoms with Crippen LogP contribution in [0.3, 0.4) is 0 Å². The Balaban J connectivity index is 1.26. The van der Waals surface area contributed by atoms with Gasteiger partial charge in [0.25, 0.3) is 0 Å². The van der Waals surface area contributed by atoms with E-state index in [4.69, 9.17) is 9.47 Å². The van der Waals surface area contributed by atoms with Crippen LogP contribution < -0.4 is 10.1 Å².